The van der Waals surface area contributed by atoms with Gasteiger partial charge in [-0.3, -0.25) is 14.5 Å². The lowest BCUT2D eigenvalue weighted by molar-refractivity contribution is -0.144. The van der Waals surface area contributed by atoms with Gasteiger partial charge in [0.25, 0.3) is 0 Å². The van der Waals surface area contributed by atoms with E-state index in [0.29, 0.717) is 37.5 Å². The maximum Gasteiger partial charge on any atom is 0.242 e. The van der Waals surface area contributed by atoms with E-state index in [0.717, 1.165) is 37.9 Å². The van der Waals surface area contributed by atoms with Gasteiger partial charge in [0.2, 0.25) is 11.8 Å². The molecule has 1 heterocycles. The maximum absolute atomic E-state index is 12.9. The zero-order valence-electron chi connectivity index (χ0n) is 18.7. The minimum Gasteiger partial charge on any atom is -0.353 e. The number of benzene rings is 1. The van der Waals surface area contributed by atoms with Gasteiger partial charge in [0.1, 0.15) is 6.04 Å². The van der Waals surface area contributed by atoms with Crippen LogP contribution in [-0.4, -0.2) is 59.9 Å². The van der Waals surface area contributed by atoms with Crippen LogP contribution in [0.1, 0.15) is 50.7 Å². The molecule has 0 aromatic heterocycles. The molecule has 2 aliphatic rings. The number of piperidine rings is 1. The van der Waals surface area contributed by atoms with Crippen molar-refractivity contribution in [2.45, 2.75) is 58.2 Å². The van der Waals surface area contributed by atoms with Crippen LogP contribution < -0.4 is 11.1 Å². The first-order valence-electron chi connectivity index (χ1n) is 11.4. The second-order valence-electron chi connectivity index (χ2n) is 9.21. The molecule has 7 nitrogen and oxygen atoms in total. The van der Waals surface area contributed by atoms with Gasteiger partial charge in [-0.1, -0.05) is 26.0 Å². The monoisotopic (exact) mass is 425 g/mol. The standard InChI is InChI=1S/C24H35N5O2/c1-17(2)15-28(16-19-5-3-18(14-26)4-6-19)21-9-12-29(24(31)20-7-8-20)22(13-21)23(30)27-11-10-25/h3-6,17,20-22H,7-13,15-16,25H2,1-2H3,(H,27,30)/t21?,22-/m1/s1. The van der Waals surface area contributed by atoms with E-state index in [9.17, 15) is 9.59 Å². The first-order chi connectivity index (χ1) is 14.9. The fourth-order valence-corrected chi connectivity index (χ4v) is 4.40. The summed E-state index contributed by atoms with van der Waals surface area (Å²) in [5.74, 6) is 0.627. The molecule has 3 N–H and O–H groups in total. The van der Waals surface area contributed by atoms with E-state index < -0.39 is 6.04 Å². The smallest absolute Gasteiger partial charge is 0.242 e. The molecular weight excluding hydrogens is 390 g/mol. The number of nitrogens with one attached hydrogen (secondary N) is 1. The van der Waals surface area contributed by atoms with Crippen LogP contribution in [0.2, 0.25) is 0 Å². The Morgan fingerprint density at radius 2 is 1.97 bits per heavy atom. The number of likely N-dealkylation sites (tertiary alicyclic amines) is 1. The first kappa shape index (κ1) is 23.2. The molecule has 1 saturated carbocycles. The largest absolute Gasteiger partial charge is 0.353 e. The summed E-state index contributed by atoms with van der Waals surface area (Å²) in [5, 5.41) is 12.0. The van der Waals surface area contributed by atoms with E-state index in [-0.39, 0.29) is 23.8 Å². The number of amides is 2. The minimum absolute atomic E-state index is 0.0907. The average Bonchev–Trinajstić information content (AvgIpc) is 3.62. The Labute approximate surface area is 185 Å². The molecule has 1 aromatic rings. The van der Waals surface area contributed by atoms with Crippen LogP contribution in [0.25, 0.3) is 0 Å². The average molecular weight is 426 g/mol. The Bertz CT molecular complexity index is 797. The number of nitrogens with zero attached hydrogens (tertiary/aromatic N) is 3. The van der Waals surface area contributed by atoms with E-state index in [2.05, 4.69) is 30.1 Å². The van der Waals surface area contributed by atoms with Crippen LogP contribution in [0.4, 0.5) is 0 Å². The molecule has 1 unspecified atom stereocenters. The van der Waals surface area contributed by atoms with Crippen LogP contribution in [0, 0.1) is 23.2 Å². The van der Waals surface area contributed by atoms with Crippen LogP contribution in [0.5, 0.6) is 0 Å². The van der Waals surface area contributed by atoms with E-state index >= 15 is 0 Å². The van der Waals surface area contributed by atoms with E-state index in [4.69, 9.17) is 11.0 Å². The second-order valence-corrected chi connectivity index (χ2v) is 9.21. The number of carbonyl (C=O) groups excluding carboxylic acids is 2. The van der Waals surface area contributed by atoms with Crippen molar-refractivity contribution < 1.29 is 9.59 Å². The number of rotatable bonds is 9. The van der Waals surface area contributed by atoms with E-state index in [1.165, 1.54) is 0 Å². The van der Waals surface area contributed by atoms with Gasteiger partial charge in [-0.2, -0.15) is 5.26 Å². The highest BCUT2D eigenvalue weighted by Gasteiger charge is 2.42. The molecule has 0 bridgehead atoms. The third-order valence-corrected chi connectivity index (χ3v) is 6.12. The molecule has 2 fully saturated rings. The van der Waals surface area contributed by atoms with Gasteiger partial charge in [0.15, 0.2) is 0 Å². The van der Waals surface area contributed by atoms with E-state index in [1.807, 2.05) is 29.2 Å². The van der Waals surface area contributed by atoms with Crippen LogP contribution >= 0.6 is 0 Å². The van der Waals surface area contributed by atoms with E-state index in [1.54, 1.807) is 0 Å². The van der Waals surface area contributed by atoms with Crippen molar-refractivity contribution >= 4 is 11.8 Å². The van der Waals surface area contributed by atoms with Crippen molar-refractivity contribution in [3.05, 3.63) is 35.4 Å². The first-order valence-corrected chi connectivity index (χ1v) is 11.4. The van der Waals surface area contributed by atoms with Crippen molar-refractivity contribution in [3.8, 4) is 6.07 Å². The lowest BCUT2D eigenvalue weighted by Gasteiger charge is -2.43. The SMILES string of the molecule is CC(C)CN(Cc1ccc(C#N)cc1)C1CCN(C(=O)C2CC2)[C@@H](C(=O)NCCN)C1. The Kier molecular flexibility index (Phi) is 8.05. The van der Waals surface area contributed by atoms with Gasteiger partial charge in [-0.25, -0.2) is 0 Å². The van der Waals surface area contributed by atoms with Crippen molar-refractivity contribution in [1.82, 2.24) is 15.1 Å². The lowest BCUT2D eigenvalue weighted by Crippen LogP contribution is -2.58. The number of nitrogens with two attached hydrogens (primary N) is 1. The molecule has 1 aliphatic carbocycles. The van der Waals surface area contributed by atoms with Gasteiger partial charge in [0.05, 0.1) is 11.6 Å². The highest BCUT2D eigenvalue weighted by molar-refractivity contribution is 5.89. The Morgan fingerprint density at radius 1 is 1.26 bits per heavy atom. The molecule has 2 amide bonds. The summed E-state index contributed by atoms with van der Waals surface area (Å²) >= 11 is 0. The predicted octanol–water partition coefficient (Wildman–Crippen LogP) is 1.86. The van der Waals surface area contributed by atoms with Gasteiger partial charge >= 0.3 is 0 Å². The summed E-state index contributed by atoms with van der Waals surface area (Å²) in [4.78, 5) is 30.0. The van der Waals surface area contributed by atoms with Crippen LogP contribution in [0.3, 0.4) is 0 Å². The molecule has 1 aromatic carbocycles. The zero-order valence-corrected chi connectivity index (χ0v) is 18.7. The summed E-state index contributed by atoms with van der Waals surface area (Å²) < 4.78 is 0. The molecule has 168 valence electrons. The molecule has 0 radical (unpaired) electrons. The quantitative estimate of drug-likeness (QED) is 0.629. The van der Waals surface area contributed by atoms with Crippen molar-refractivity contribution in [1.29, 1.82) is 5.26 Å². The molecule has 7 heteroatoms. The summed E-state index contributed by atoms with van der Waals surface area (Å²) in [5.41, 5.74) is 7.38. The number of hydrogen-bond acceptors (Lipinski definition) is 5. The molecule has 2 atom stereocenters. The second kappa shape index (κ2) is 10.7. The van der Waals surface area contributed by atoms with Gasteiger partial charge in [-0.05, 0) is 49.3 Å². The van der Waals surface area contributed by atoms with Crippen LogP contribution in [0.15, 0.2) is 24.3 Å². The highest BCUT2D eigenvalue weighted by atomic mass is 16.2. The lowest BCUT2D eigenvalue weighted by atomic mass is 9.93. The molecule has 0 spiro atoms. The summed E-state index contributed by atoms with van der Waals surface area (Å²) in [6.07, 6.45) is 3.38. The van der Waals surface area contributed by atoms with Crippen molar-refractivity contribution in [2.75, 3.05) is 26.2 Å². The summed E-state index contributed by atoms with van der Waals surface area (Å²) in [6, 6.07) is 9.65. The topological polar surface area (TPSA) is 102 Å². The Hall–Kier alpha value is -2.43. The Balaban J connectivity index is 1.75. The molecule has 1 aliphatic heterocycles. The van der Waals surface area contributed by atoms with Gasteiger partial charge in [-0.15, -0.1) is 0 Å². The summed E-state index contributed by atoms with van der Waals surface area (Å²) in [7, 11) is 0. The fraction of sp³-hybridized carbons (Fsp3) is 0.625. The third kappa shape index (κ3) is 6.28. The van der Waals surface area contributed by atoms with Crippen molar-refractivity contribution in [2.24, 2.45) is 17.6 Å². The zero-order chi connectivity index (χ0) is 22.4. The normalized spacial score (nSPS) is 21.2. The third-order valence-electron chi connectivity index (χ3n) is 6.12. The highest BCUT2D eigenvalue weighted by Crippen LogP contribution is 2.34. The molecule has 3 rings (SSSR count). The van der Waals surface area contributed by atoms with Crippen molar-refractivity contribution in [3.63, 3.8) is 0 Å². The summed E-state index contributed by atoms with van der Waals surface area (Å²) in [6.45, 7) is 7.50. The van der Waals surface area contributed by atoms with Crippen LogP contribution in [-0.2, 0) is 16.1 Å². The fourth-order valence-electron chi connectivity index (χ4n) is 4.40. The predicted molar refractivity (Wildman–Crippen MR) is 120 cm³/mol. The minimum atomic E-state index is -0.436. The number of hydrogen-bond donors (Lipinski definition) is 2. The Morgan fingerprint density at radius 3 is 2.55 bits per heavy atom. The maximum atomic E-state index is 12.9. The number of carbonyl (C=O) groups is 2. The van der Waals surface area contributed by atoms with Gasteiger partial charge in [0, 0.05) is 44.7 Å². The molecular formula is C24H35N5O2. The van der Waals surface area contributed by atoms with Gasteiger partial charge < -0.3 is 16.0 Å². The number of nitriles is 1. The molecule has 1 saturated heterocycles. The molecule has 31 heavy (non-hydrogen) atoms.